The summed E-state index contributed by atoms with van der Waals surface area (Å²) in [7, 11) is 0. The Kier molecular flexibility index (Phi) is 3.11. The first-order chi connectivity index (χ1) is 7.27. The van der Waals surface area contributed by atoms with Gasteiger partial charge >= 0.3 is 0 Å². The molecule has 0 atom stereocenters. The molecule has 3 heteroatoms. The predicted octanol–water partition coefficient (Wildman–Crippen LogP) is 2.73. The molecule has 0 spiro atoms. The lowest BCUT2D eigenvalue weighted by molar-refractivity contribution is 0.507. The largest absolute Gasteiger partial charge is 0.311 e. The number of hydrogen-bond acceptors (Lipinski definition) is 1. The molecule has 1 aromatic rings. The second kappa shape index (κ2) is 4.53. The van der Waals surface area contributed by atoms with Crippen LogP contribution in [0.3, 0.4) is 0 Å². The minimum absolute atomic E-state index is 0.299. The molecule has 1 N–H and O–H groups in total. The van der Waals surface area contributed by atoms with Gasteiger partial charge in [0.1, 0.15) is 0 Å². The van der Waals surface area contributed by atoms with Crippen molar-refractivity contribution in [3.05, 3.63) is 41.5 Å². The summed E-state index contributed by atoms with van der Waals surface area (Å²) in [5.74, 6) is -1.58. The molecule has 0 amide bonds. The molecule has 1 aromatic carbocycles. The first-order valence-electron chi connectivity index (χ1n) is 5.11. The van der Waals surface area contributed by atoms with Gasteiger partial charge in [0.05, 0.1) is 0 Å². The van der Waals surface area contributed by atoms with Crippen LogP contribution in [0.15, 0.2) is 24.3 Å². The maximum atomic E-state index is 13.2. The van der Waals surface area contributed by atoms with E-state index in [4.69, 9.17) is 0 Å². The van der Waals surface area contributed by atoms with E-state index in [2.05, 4.69) is 5.32 Å². The average molecular weight is 209 g/mol. The van der Waals surface area contributed by atoms with E-state index in [1.807, 2.05) is 6.08 Å². The highest BCUT2D eigenvalue weighted by Crippen LogP contribution is 2.18. The van der Waals surface area contributed by atoms with Crippen LogP contribution >= 0.6 is 0 Å². The van der Waals surface area contributed by atoms with Gasteiger partial charge in [-0.1, -0.05) is 24.3 Å². The fourth-order valence-electron chi connectivity index (χ4n) is 1.36. The number of benzene rings is 1. The predicted molar refractivity (Wildman–Crippen MR) is 56.4 cm³/mol. The van der Waals surface area contributed by atoms with E-state index in [0.717, 1.165) is 6.07 Å². The smallest absolute Gasteiger partial charge is 0.166 e. The maximum absolute atomic E-state index is 13.2. The molecule has 15 heavy (non-hydrogen) atoms. The van der Waals surface area contributed by atoms with Gasteiger partial charge in [-0.2, -0.15) is 0 Å². The molecule has 0 saturated heterocycles. The molecule has 0 unspecified atom stereocenters. The van der Waals surface area contributed by atoms with E-state index < -0.39 is 11.6 Å². The van der Waals surface area contributed by atoms with Gasteiger partial charge in [0, 0.05) is 18.2 Å². The summed E-state index contributed by atoms with van der Waals surface area (Å²) in [4.78, 5) is 0. The minimum atomic E-state index is -0.799. The molecule has 1 fully saturated rings. The summed E-state index contributed by atoms with van der Waals surface area (Å²) in [6.45, 7) is 0.709. The lowest BCUT2D eigenvalue weighted by atomic mass is 10.2. The lowest BCUT2D eigenvalue weighted by Gasteiger charge is -1.98. The summed E-state index contributed by atoms with van der Waals surface area (Å²) in [5.41, 5.74) is 0.299. The van der Waals surface area contributed by atoms with Crippen molar-refractivity contribution in [3.63, 3.8) is 0 Å². The van der Waals surface area contributed by atoms with Gasteiger partial charge in [-0.15, -0.1) is 0 Å². The van der Waals surface area contributed by atoms with Crippen LogP contribution in [0.5, 0.6) is 0 Å². The summed E-state index contributed by atoms with van der Waals surface area (Å²) in [6.07, 6.45) is 5.87. The van der Waals surface area contributed by atoms with Crippen LogP contribution in [0, 0.1) is 11.6 Å². The van der Waals surface area contributed by atoms with Crippen molar-refractivity contribution in [2.75, 3.05) is 6.54 Å². The fourth-order valence-corrected chi connectivity index (χ4v) is 1.36. The Morgan fingerprint density at radius 3 is 2.87 bits per heavy atom. The van der Waals surface area contributed by atoms with Crippen molar-refractivity contribution in [1.82, 2.24) is 5.32 Å². The molecule has 1 nitrogen and oxygen atoms in total. The van der Waals surface area contributed by atoms with Gasteiger partial charge in [0.2, 0.25) is 0 Å². The number of halogens is 2. The molecule has 0 heterocycles. The Morgan fingerprint density at radius 1 is 1.33 bits per heavy atom. The molecule has 0 aliphatic heterocycles. The van der Waals surface area contributed by atoms with Crippen molar-refractivity contribution in [3.8, 4) is 0 Å². The number of hydrogen-bond donors (Lipinski definition) is 1. The Morgan fingerprint density at radius 2 is 2.13 bits per heavy atom. The van der Waals surface area contributed by atoms with Crippen molar-refractivity contribution in [2.24, 2.45) is 0 Å². The summed E-state index contributed by atoms with van der Waals surface area (Å²) in [5, 5.41) is 3.26. The minimum Gasteiger partial charge on any atom is -0.311 e. The topological polar surface area (TPSA) is 12.0 Å². The molecule has 0 aromatic heterocycles. The van der Waals surface area contributed by atoms with Gasteiger partial charge < -0.3 is 5.32 Å². The third-order valence-corrected chi connectivity index (χ3v) is 2.38. The van der Waals surface area contributed by atoms with Crippen LogP contribution in [0.1, 0.15) is 18.4 Å². The van der Waals surface area contributed by atoms with E-state index in [0.29, 0.717) is 18.2 Å². The third kappa shape index (κ3) is 2.86. The van der Waals surface area contributed by atoms with Crippen LogP contribution in [-0.4, -0.2) is 12.6 Å². The van der Waals surface area contributed by atoms with Crippen molar-refractivity contribution in [1.29, 1.82) is 0 Å². The quantitative estimate of drug-likeness (QED) is 0.804. The lowest BCUT2D eigenvalue weighted by Crippen LogP contribution is -2.15. The highest BCUT2D eigenvalue weighted by atomic mass is 19.2. The second-order valence-corrected chi connectivity index (χ2v) is 3.73. The maximum Gasteiger partial charge on any atom is 0.166 e. The van der Waals surface area contributed by atoms with Crippen molar-refractivity contribution in [2.45, 2.75) is 18.9 Å². The molecule has 2 rings (SSSR count). The second-order valence-electron chi connectivity index (χ2n) is 3.73. The first kappa shape index (κ1) is 10.3. The van der Waals surface area contributed by atoms with Crippen molar-refractivity contribution < 1.29 is 8.78 Å². The molecule has 0 bridgehead atoms. The number of nitrogens with one attached hydrogen (secondary N) is 1. The summed E-state index contributed by atoms with van der Waals surface area (Å²) < 4.78 is 26.0. The van der Waals surface area contributed by atoms with Crippen LogP contribution in [0.4, 0.5) is 8.78 Å². The average Bonchev–Trinajstić information content (AvgIpc) is 3.02. The molecule has 80 valence electrons. The Bertz CT molecular complexity index is 370. The Labute approximate surface area is 87.8 Å². The van der Waals surface area contributed by atoms with E-state index in [-0.39, 0.29) is 0 Å². The van der Waals surface area contributed by atoms with E-state index in [1.54, 1.807) is 12.1 Å². The van der Waals surface area contributed by atoms with Crippen LogP contribution in [0.2, 0.25) is 0 Å². The van der Waals surface area contributed by atoms with E-state index >= 15 is 0 Å². The Hall–Kier alpha value is -1.22. The molecular weight excluding hydrogens is 196 g/mol. The molecule has 1 saturated carbocycles. The fraction of sp³-hybridized carbons (Fsp3) is 0.333. The van der Waals surface area contributed by atoms with Gasteiger partial charge in [-0.25, -0.2) is 8.78 Å². The van der Waals surface area contributed by atoms with Gasteiger partial charge in [0.15, 0.2) is 11.6 Å². The monoisotopic (exact) mass is 209 g/mol. The SMILES string of the molecule is Fc1cccc(C=CCNC2CC2)c1F. The molecular formula is C12H13F2N. The first-order valence-corrected chi connectivity index (χ1v) is 5.11. The van der Waals surface area contributed by atoms with Crippen LogP contribution in [0.25, 0.3) is 6.08 Å². The van der Waals surface area contributed by atoms with E-state index in [1.165, 1.54) is 18.9 Å². The molecule has 0 radical (unpaired) electrons. The number of rotatable bonds is 4. The van der Waals surface area contributed by atoms with E-state index in [9.17, 15) is 8.78 Å². The summed E-state index contributed by atoms with van der Waals surface area (Å²) >= 11 is 0. The third-order valence-electron chi connectivity index (χ3n) is 2.38. The zero-order valence-corrected chi connectivity index (χ0v) is 8.34. The van der Waals surface area contributed by atoms with Crippen LogP contribution in [-0.2, 0) is 0 Å². The zero-order valence-electron chi connectivity index (χ0n) is 8.34. The highest BCUT2D eigenvalue weighted by Gasteiger charge is 2.18. The zero-order chi connectivity index (χ0) is 10.7. The van der Waals surface area contributed by atoms with Gasteiger partial charge in [0.25, 0.3) is 0 Å². The highest BCUT2D eigenvalue weighted by molar-refractivity contribution is 5.50. The Balaban J connectivity index is 1.93. The van der Waals surface area contributed by atoms with Crippen molar-refractivity contribution >= 4 is 6.08 Å². The molecule has 1 aliphatic rings. The summed E-state index contributed by atoms with van der Waals surface area (Å²) in [6, 6.07) is 4.82. The molecule has 1 aliphatic carbocycles. The van der Waals surface area contributed by atoms with Gasteiger partial charge in [-0.05, 0) is 18.9 Å². The van der Waals surface area contributed by atoms with Crippen LogP contribution < -0.4 is 5.32 Å². The van der Waals surface area contributed by atoms with Gasteiger partial charge in [-0.3, -0.25) is 0 Å². The standard InChI is InChI=1S/C12H13F2N/c13-11-5-1-3-9(12(11)14)4-2-8-15-10-6-7-10/h1-5,10,15H,6-8H2. The normalized spacial score (nSPS) is 16.1.